The lowest BCUT2D eigenvalue weighted by molar-refractivity contribution is -0.137. The fraction of sp³-hybridized carbons (Fsp3) is 0.611. The molecular formula is C18H25NO2. The van der Waals surface area contributed by atoms with Gasteiger partial charge in [-0.15, -0.1) is 0 Å². The average molecular weight is 287 g/mol. The lowest BCUT2D eigenvalue weighted by Crippen LogP contribution is -2.29. The van der Waals surface area contributed by atoms with E-state index in [0.29, 0.717) is 11.8 Å². The molecule has 1 aromatic rings. The van der Waals surface area contributed by atoms with E-state index in [0.717, 1.165) is 13.1 Å². The van der Waals surface area contributed by atoms with E-state index in [1.54, 1.807) is 0 Å². The van der Waals surface area contributed by atoms with Crippen molar-refractivity contribution in [3.05, 3.63) is 35.4 Å². The number of aliphatic carboxylic acids is 1. The molecule has 1 saturated carbocycles. The first-order valence-electron chi connectivity index (χ1n) is 8.14. The minimum absolute atomic E-state index is 0.221. The highest BCUT2D eigenvalue weighted by atomic mass is 16.4. The number of carbonyl (C=O) groups is 1. The number of hydrogen-bond donors (Lipinski definition) is 1. The SMILES string of the molecule is CN1CCC(c2ccccc2C(CC(=O)O)C2CC2)CC1. The summed E-state index contributed by atoms with van der Waals surface area (Å²) in [6.07, 6.45) is 5.06. The van der Waals surface area contributed by atoms with Crippen molar-refractivity contribution < 1.29 is 9.90 Å². The first-order valence-corrected chi connectivity index (χ1v) is 8.14. The van der Waals surface area contributed by atoms with Gasteiger partial charge in [-0.05, 0) is 74.7 Å². The smallest absolute Gasteiger partial charge is 0.303 e. The van der Waals surface area contributed by atoms with Gasteiger partial charge in [-0.2, -0.15) is 0 Å². The molecule has 1 aliphatic heterocycles. The topological polar surface area (TPSA) is 40.5 Å². The molecule has 2 fully saturated rings. The zero-order valence-corrected chi connectivity index (χ0v) is 12.8. The molecule has 1 saturated heterocycles. The van der Waals surface area contributed by atoms with Crippen LogP contribution in [0.1, 0.15) is 55.1 Å². The van der Waals surface area contributed by atoms with Crippen molar-refractivity contribution in [3.8, 4) is 0 Å². The Morgan fingerprint density at radius 1 is 1.24 bits per heavy atom. The van der Waals surface area contributed by atoms with Crippen LogP contribution in [0, 0.1) is 5.92 Å². The Morgan fingerprint density at radius 2 is 1.90 bits per heavy atom. The summed E-state index contributed by atoms with van der Waals surface area (Å²) in [5, 5.41) is 9.25. The largest absolute Gasteiger partial charge is 0.481 e. The number of hydrogen-bond acceptors (Lipinski definition) is 2. The Kier molecular flexibility index (Phi) is 4.29. The molecule has 21 heavy (non-hydrogen) atoms. The Hall–Kier alpha value is -1.35. The predicted octanol–water partition coefficient (Wildman–Crippen LogP) is 3.46. The molecule has 1 unspecified atom stereocenters. The predicted molar refractivity (Wildman–Crippen MR) is 83.6 cm³/mol. The Bertz CT molecular complexity index is 502. The van der Waals surface area contributed by atoms with Crippen LogP contribution in [-0.2, 0) is 4.79 Å². The summed E-state index contributed by atoms with van der Waals surface area (Å²) in [5.74, 6) is 0.754. The van der Waals surface area contributed by atoms with Crippen LogP contribution in [0.15, 0.2) is 24.3 Å². The molecule has 1 aliphatic carbocycles. The van der Waals surface area contributed by atoms with Gasteiger partial charge in [-0.3, -0.25) is 4.79 Å². The molecule has 0 radical (unpaired) electrons. The highest BCUT2D eigenvalue weighted by molar-refractivity contribution is 5.68. The third-order valence-electron chi connectivity index (χ3n) is 5.14. The van der Waals surface area contributed by atoms with E-state index < -0.39 is 5.97 Å². The Morgan fingerprint density at radius 3 is 2.52 bits per heavy atom. The number of carboxylic acids is 1. The van der Waals surface area contributed by atoms with Crippen molar-refractivity contribution in [1.82, 2.24) is 4.90 Å². The Labute approximate surface area is 127 Å². The molecule has 1 N–H and O–H groups in total. The molecule has 3 rings (SSSR count). The number of carboxylic acid groups (broad SMARTS) is 1. The molecule has 1 heterocycles. The zero-order chi connectivity index (χ0) is 14.8. The zero-order valence-electron chi connectivity index (χ0n) is 12.8. The number of benzene rings is 1. The summed E-state index contributed by atoms with van der Waals surface area (Å²) >= 11 is 0. The molecule has 3 nitrogen and oxygen atoms in total. The summed E-state index contributed by atoms with van der Waals surface area (Å²) in [7, 11) is 2.18. The van der Waals surface area contributed by atoms with Crippen molar-refractivity contribution in [2.24, 2.45) is 5.92 Å². The minimum atomic E-state index is -0.662. The van der Waals surface area contributed by atoms with Crippen molar-refractivity contribution in [2.75, 3.05) is 20.1 Å². The van der Waals surface area contributed by atoms with Crippen LogP contribution in [0.2, 0.25) is 0 Å². The molecule has 1 aromatic carbocycles. The monoisotopic (exact) mass is 287 g/mol. The van der Waals surface area contributed by atoms with Gasteiger partial charge in [0.2, 0.25) is 0 Å². The third kappa shape index (κ3) is 3.46. The highest BCUT2D eigenvalue weighted by Gasteiger charge is 2.35. The van der Waals surface area contributed by atoms with Gasteiger partial charge in [0.25, 0.3) is 0 Å². The van der Waals surface area contributed by atoms with Gasteiger partial charge in [0.15, 0.2) is 0 Å². The summed E-state index contributed by atoms with van der Waals surface area (Å²) in [6.45, 7) is 2.29. The van der Waals surface area contributed by atoms with Crippen LogP contribution in [0.5, 0.6) is 0 Å². The molecule has 2 aliphatic rings. The van der Waals surface area contributed by atoms with Gasteiger partial charge in [-0.25, -0.2) is 0 Å². The molecule has 114 valence electrons. The van der Waals surface area contributed by atoms with Crippen molar-refractivity contribution in [2.45, 2.75) is 43.9 Å². The van der Waals surface area contributed by atoms with E-state index in [2.05, 4.69) is 36.2 Å². The second-order valence-corrected chi connectivity index (χ2v) is 6.75. The summed E-state index contributed by atoms with van der Waals surface area (Å²) < 4.78 is 0. The average Bonchev–Trinajstić information content (AvgIpc) is 3.30. The van der Waals surface area contributed by atoms with E-state index in [-0.39, 0.29) is 12.3 Å². The first kappa shape index (κ1) is 14.6. The second-order valence-electron chi connectivity index (χ2n) is 6.75. The molecule has 1 atom stereocenters. The normalized spacial score (nSPS) is 22.1. The van der Waals surface area contributed by atoms with E-state index in [9.17, 15) is 9.90 Å². The van der Waals surface area contributed by atoms with E-state index in [1.807, 2.05) is 0 Å². The van der Waals surface area contributed by atoms with Crippen molar-refractivity contribution in [3.63, 3.8) is 0 Å². The second kappa shape index (κ2) is 6.18. The van der Waals surface area contributed by atoms with Crippen molar-refractivity contribution >= 4 is 5.97 Å². The van der Waals surface area contributed by atoms with E-state index in [4.69, 9.17) is 0 Å². The summed E-state index contributed by atoms with van der Waals surface area (Å²) in [6, 6.07) is 8.61. The van der Waals surface area contributed by atoms with Crippen LogP contribution < -0.4 is 0 Å². The van der Waals surface area contributed by atoms with Crippen LogP contribution in [0.3, 0.4) is 0 Å². The standard InChI is InChI=1S/C18H25NO2/c1-19-10-8-14(9-11-19)15-4-2-3-5-16(15)17(12-18(20)21)13-6-7-13/h2-5,13-14,17H,6-12H2,1H3,(H,20,21). The minimum Gasteiger partial charge on any atom is -0.481 e. The van der Waals surface area contributed by atoms with Gasteiger partial charge >= 0.3 is 5.97 Å². The van der Waals surface area contributed by atoms with Crippen LogP contribution in [0.25, 0.3) is 0 Å². The fourth-order valence-electron chi connectivity index (χ4n) is 3.76. The lowest BCUT2D eigenvalue weighted by atomic mass is 9.80. The van der Waals surface area contributed by atoms with Gasteiger partial charge in [-0.1, -0.05) is 24.3 Å². The molecule has 0 amide bonds. The molecule has 0 aromatic heterocycles. The van der Waals surface area contributed by atoms with Crippen LogP contribution >= 0.6 is 0 Å². The van der Waals surface area contributed by atoms with E-state index >= 15 is 0 Å². The quantitative estimate of drug-likeness (QED) is 0.901. The van der Waals surface area contributed by atoms with Gasteiger partial charge < -0.3 is 10.0 Å². The first-order chi connectivity index (χ1) is 10.1. The maximum atomic E-state index is 11.2. The number of nitrogens with zero attached hydrogens (tertiary/aromatic N) is 1. The van der Waals surface area contributed by atoms with Crippen LogP contribution in [-0.4, -0.2) is 36.1 Å². The van der Waals surface area contributed by atoms with Gasteiger partial charge in [0.05, 0.1) is 6.42 Å². The molecule has 0 spiro atoms. The maximum absolute atomic E-state index is 11.2. The third-order valence-corrected chi connectivity index (χ3v) is 5.14. The summed E-state index contributed by atoms with van der Waals surface area (Å²) in [5.41, 5.74) is 2.74. The van der Waals surface area contributed by atoms with Gasteiger partial charge in [0, 0.05) is 0 Å². The maximum Gasteiger partial charge on any atom is 0.303 e. The molecular weight excluding hydrogens is 262 g/mol. The molecule has 0 bridgehead atoms. The number of piperidine rings is 1. The summed E-state index contributed by atoms with van der Waals surface area (Å²) in [4.78, 5) is 13.6. The number of likely N-dealkylation sites (tertiary alicyclic amines) is 1. The molecule has 3 heteroatoms. The van der Waals surface area contributed by atoms with E-state index in [1.165, 1.54) is 36.8 Å². The fourth-order valence-corrected chi connectivity index (χ4v) is 3.76. The van der Waals surface area contributed by atoms with Crippen LogP contribution in [0.4, 0.5) is 0 Å². The number of rotatable bonds is 5. The van der Waals surface area contributed by atoms with Crippen molar-refractivity contribution in [1.29, 1.82) is 0 Å². The highest BCUT2D eigenvalue weighted by Crippen LogP contribution is 2.47. The lowest BCUT2D eigenvalue weighted by Gasteiger charge is -2.31. The Balaban J connectivity index is 1.85. The van der Waals surface area contributed by atoms with Gasteiger partial charge in [0.1, 0.15) is 0 Å².